The molecule has 0 radical (unpaired) electrons. The number of unbranched alkanes of at least 4 members (excludes halogenated alkanes) is 5. The maximum atomic E-state index is 5.87. The van der Waals surface area contributed by atoms with E-state index in [-0.39, 0.29) is 6.04 Å². The third kappa shape index (κ3) is 10.2. The van der Waals surface area contributed by atoms with Crippen LogP contribution >= 0.6 is 0 Å². The standard InChI is InChI=1S/C13H29NO/c1-4-5-6-7-8-9-10-15-11-13(14)12(2)3/h12-13H,4-11,14H2,1-3H3. The van der Waals surface area contributed by atoms with Gasteiger partial charge in [-0.1, -0.05) is 52.9 Å². The second kappa shape index (κ2) is 10.4. The van der Waals surface area contributed by atoms with E-state index in [0.29, 0.717) is 12.5 Å². The Hall–Kier alpha value is -0.0800. The number of ether oxygens (including phenoxy) is 1. The van der Waals surface area contributed by atoms with Gasteiger partial charge >= 0.3 is 0 Å². The minimum absolute atomic E-state index is 0.199. The van der Waals surface area contributed by atoms with Crippen molar-refractivity contribution in [1.82, 2.24) is 0 Å². The van der Waals surface area contributed by atoms with Crippen molar-refractivity contribution >= 4 is 0 Å². The Balaban J connectivity index is 3.05. The Morgan fingerprint density at radius 3 is 2.20 bits per heavy atom. The number of hydrogen-bond donors (Lipinski definition) is 1. The highest BCUT2D eigenvalue weighted by molar-refractivity contribution is 4.63. The van der Waals surface area contributed by atoms with Gasteiger partial charge in [-0.2, -0.15) is 0 Å². The summed E-state index contributed by atoms with van der Waals surface area (Å²) in [6.45, 7) is 8.12. The molecule has 0 amide bonds. The Bertz CT molecular complexity index is 126. The molecule has 0 aromatic heterocycles. The van der Waals surface area contributed by atoms with E-state index >= 15 is 0 Å². The molecule has 0 fully saturated rings. The molecule has 15 heavy (non-hydrogen) atoms. The summed E-state index contributed by atoms with van der Waals surface area (Å²) in [6.07, 6.45) is 7.92. The molecule has 0 heterocycles. The molecule has 1 atom stereocenters. The lowest BCUT2D eigenvalue weighted by molar-refractivity contribution is 0.106. The number of nitrogens with two attached hydrogens (primary N) is 1. The summed E-state index contributed by atoms with van der Waals surface area (Å²) in [6, 6.07) is 0.199. The van der Waals surface area contributed by atoms with Crippen molar-refractivity contribution < 1.29 is 4.74 Å². The first-order valence-corrected chi connectivity index (χ1v) is 6.51. The quantitative estimate of drug-likeness (QED) is 0.567. The predicted molar refractivity (Wildman–Crippen MR) is 67.0 cm³/mol. The lowest BCUT2D eigenvalue weighted by Gasteiger charge is -2.15. The summed E-state index contributed by atoms with van der Waals surface area (Å²) in [5.41, 5.74) is 5.87. The first kappa shape index (κ1) is 14.9. The highest BCUT2D eigenvalue weighted by Crippen LogP contribution is 2.05. The van der Waals surface area contributed by atoms with E-state index in [4.69, 9.17) is 10.5 Å². The van der Waals surface area contributed by atoms with Gasteiger partial charge in [0.05, 0.1) is 6.61 Å². The molecule has 0 rings (SSSR count). The van der Waals surface area contributed by atoms with Gasteiger partial charge < -0.3 is 10.5 Å². The van der Waals surface area contributed by atoms with Gasteiger partial charge in [0.15, 0.2) is 0 Å². The largest absolute Gasteiger partial charge is 0.380 e. The minimum Gasteiger partial charge on any atom is -0.380 e. The Morgan fingerprint density at radius 2 is 1.60 bits per heavy atom. The molecule has 0 aliphatic heterocycles. The van der Waals surface area contributed by atoms with Gasteiger partial charge in [0.1, 0.15) is 0 Å². The maximum absolute atomic E-state index is 5.87. The smallest absolute Gasteiger partial charge is 0.0619 e. The SMILES string of the molecule is CCCCCCCCOCC(N)C(C)C. The van der Waals surface area contributed by atoms with E-state index in [2.05, 4.69) is 20.8 Å². The van der Waals surface area contributed by atoms with Gasteiger partial charge in [0.2, 0.25) is 0 Å². The average Bonchev–Trinajstić information content (AvgIpc) is 2.21. The van der Waals surface area contributed by atoms with Crippen LogP contribution in [-0.2, 0) is 4.74 Å². The normalized spacial score (nSPS) is 13.4. The number of hydrogen-bond acceptors (Lipinski definition) is 2. The van der Waals surface area contributed by atoms with Crippen LogP contribution < -0.4 is 5.73 Å². The number of rotatable bonds is 10. The van der Waals surface area contributed by atoms with Crippen molar-refractivity contribution in [2.24, 2.45) is 11.7 Å². The minimum atomic E-state index is 0.199. The fourth-order valence-electron chi connectivity index (χ4n) is 1.40. The van der Waals surface area contributed by atoms with Crippen molar-refractivity contribution in [3.05, 3.63) is 0 Å². The summed E-state index contributed by atoms with van der Waals surface area (Å²) < 4.78 is 5.54. The molecule has 1 unspecified atom stereocenters. The predicted octanol–water partition coefficient (Wildman–Crippen LogP) is 3.35. The fraction of sp³-hybridized carbons (Fsp3) is 1.00. The molecule has 0 aromatic rings. The maximum Gasteiger partial charge on any atom is 0.0619 e. The summed E-state index contributed by atoms with van der Waals surface area (Å²) in [5.74, 6) is 0.523. The molecule has 2 heteroatoms. The van der Waals surface area contributed by atoms with Gasteiger partial charge in [-0.25, -0.2) is 0 Å². The second-order valence-electron chi connectivity index (χ2n) is 4.75. The third-order valence-corrected chi connectivity index (χ3v) is 2.81. The first-order valence-electron chi connectivity index (χ1n) is 6.51. The van der Waals surface area contributed by atoms with Crippen molar-refractivity contribution in [3.63, 3.8) is 0 Å². The second-order valence-corrected chi connectivity index (χ2v) is 4.75. The van der Waals surface area contributed by atoms with Crippen molar-refractivity contribution in [2.45, 2.75) is 65.3 Å². The zero-order valence-electron chi connectivity index (χ0n) is 10.8. The topological polar surface area (TPSA) is 35.2 Å². The van der Waals surface area contributed by atoms with Gasteiger partial charge in [-0.3, -0.25) is 0 Å². The fourth-order valence-corrected chi connectivity index (χ4v) is 1.40. The van der Waals surface area contributed by atoms with Crippen LogP contribution in [0.15, 0.2) is 0 Å². The lowest BCUT2D eigenvalue weighted by atomic mass is 10.1. The van der Waals surface area contributed by atoms with Crippen LogP contribution in [0.5, 0.6) is 0 Å². The molecule has 92 valence electrons. The molecule has 0 aromatic carbocycles. The molecule has 0 bridgehead atoms. The Labute approximate surface area is 95.6 Å². The van der Waals surface area contributed by atoms with E-state index in [1.165, 1.54) is 38.5 Å². The van der Waals surface area contributed by atoms with E-state index in [1.807, 2.05) is 0 Å². The van der Waals surface area contributed by atoms with E-state index < -0.39 is 0 Å². The van der Waals surface area contributed by atoms with Crippen LogP contribution in [0.3, 0.4) is 0 Å². The molecule has 2 nitrogen and oxygen atoms in total. The van der Waals surface area contributed by atoms with Crippen LogP contribution in [0.1, 0.15) is 59.3 Å². The summed E-state index contributed by atoms with van der Waals surface area (Å²) in [7, 11) is 0. The summed E-state index contributed by atoms with van der Waals surface area (Å²) >= 11 is 0. The average molecular weight is 215 g/mol. The molecular weight excluding hydrogens is 186 g/mol. The molecule has 0 spiro atoms. The van der Waals surface area contributed by atoms with Gasteiger partial charge in [0, 0.05) is 12.6 Å². The van der Waals surface area contributed by atoms with Crippen LogP contribution in [0.25, 0.3) is 0 Å². The molecular formula is C13H29NO. The van der Waals surface area contributed by atoms with Gasteiger partial charge in [0.25, 0.3) is 0 Å². The molecule has 0 saturated heterocycles. The summed E-state index contributed by atoms with van der Waals surface area (Å²) in [4.78, 5) is 0. The monoisotopic (exact) mass is 215 g/mol. The Kier molecular flexibility index (Phi) is 10.4. The molecule has 0 saturated carbocycles. The lowest BCUT2D eigenvalue weighted by Crippen LogP contribution is -2.31. The van der Waals surface area contributed by atoms with Gasteiger partial charge in [-0.15, -0.1) is 0 Å². The third-order valence-electron chi connectivity index (χ3n) is 2.81. The highest BCUT2D eigenvalue weighted by Gasteiger charge is 2.06. The van der Waals surface area contributed by atoms with Gasteiger partial charge in [-0.05, 0) is 12.3 Å². The Morgan fingerprint density at radius 1 is 1.00 bits per heavy atom. The van der Waals surface area contributed by atoms with Crippen molar-refractivity contribution in [3.8, 4) is 0 Å². The molecule has 0 aliphatic rings. The molecule has 2 N–H and O–H groups in total. The van der Waals surface area contributed by atoms with E-state index in [9.17, 15) is 0 Å². The van der Waals surface area contributed by atoms with Crippen molar-refractivity contribution in [2.75, 3.05) is 13.2 Å². The summed E-state index contributed by atoms with van der Waals surface area (Å²) in [5, 5.41) is 0. The van der Waals surface area contributed by atoms with Crippen LogP contribution in [-0.4, -0.2) is 19.3 Å². The van der Waals surface area contributed by atoms with Crippen LogP contribution in [0.2, 0.25) is 0 Å². The van der Waals surface area contributed by atoms with E-state index in [1.54, 1.807) is 0 Å². The van der Waals surface area contributed by atoms with Crippen LogP contribution in [0, 0.1) is 5.92 Å². The first-order chi connectivity index (χ1) is 7.18. The molecule has 0 aliphatic carbocycles. The zero-order valence-corrected chi connectivity index (χ0v) is 10.8. The van der Waals surface area contributed by atoms with Crippen molar-refractivity contribution in [1.29, 1.82) is 0 Å². The van der Waals surface area contributed by atoms with E-state index in [0.717, 1.165) is 6.61 Å². The zero-order chi connectivity index (χ0) is 11.5. The van der Waals surface area contributed by atoms with Crippen LogP contribution in [0.4, 0.5) is 0 Å². The highest BCUT2D eigenvalue weighted by atomic mass is 16.5.